The zero-order valence-electron chi connectivity index (χ0n) is 13.1. The average molecular weight is 323 g/mol. The summed E-state index contributed by atoms with van der Waals surface area (Å²) in [5.74, 6) is 0.261. The van der Waals surface area contributed by atoms with E-state index < -0.39 is 0 Å². The van der Waals surface area contributed by atoms with E-state index in [1.54, 1.807) is 12.1 Å². The highest BCUT2D eigenvalue weighted by Crippen LogP contribution is 2.38. The number of nitrogens with zero attached hydrogens (tertiary/aromatic N) is 1. The van der Waals surface area contributed by atoms with Gasteiger partial charge in [0, 0.05) is 0 Å². The Kier molecular flexibility index (Phi) is 4.35. The molecule has 3 nitrogen and oxygen atoms in total. The highest BCUT2D eigenvalue weighted by molar-refractivity contribution is 8.04. The van der Waals surface area contributed by atoms with Gasteiger partial charge in [-0.2, -0.15) is 0 Å². The van der Waals surface area contributed by atoms with E-state index in [0.29, 0.717) is 16.2 Å². The number of hydrogen-bond acceptors (Lipinski definition) is 3. The number of anilines is 1. The summed E-state index contributed by atoms with van der Waals surface area (Å²) in [6.07, 6.45) is 0. The Bertz CT molecular complexity index is 779. The van der Waals surface area contributed by atoms with Crippen LogP contribution in [0.15, 0.2) is 59.5 Å². The normalized spacial score (nSPS) is 14.8. The van der Waals surface area contributed by atoms with Crippen molar-refractivity contribution in [3.8, 4) is 0 Å². The number of aryl methyl sites for hydroxylation is 1. The van der Waals surface area contributed by atoms with Crippen molar-refractivity contribution >= 4 is 34.8 Å². The molecule has 0 atom stereocenters. The molecule has 0 fully saturated rings. The van der Waals surface area contributed by atoms with E-state index in [1.807, 2.05) is 56.3 Å². The zero-order valence-corrected chi connectivity index (χ0v) is 13.9. The van der Waals surface area contributed by atoms with Gasteiger partial charge in [-0.3, -0.25) is 9.59 Å². The molecular weight excluding hydrogens is 306 g/mol. The summed E-state index contributed by atoms with van der Waals surface area (Å²) in [7, 11) is 0. The molecule has 0 spiro atoms. The van der Waals surface area contributed by atoms with Gasteiger partial charge in [0.25, 0.3) is 11.8 Å². The SMILES string of the molecule is CCSC1=C(c2ccc(C)cc2)C(=O)N(c2ccccc2)C1=O. The van der Waals surface area contributed by atoms with Crippen molar-refractivity contribution in [2.45, 2.75) is 13.8 Å². The van der Waals surface area contributed by atoms with Crippen LogP contribution in [-0.2, 0) is 9.59 Å². The number of para-hydroxylation sites is 1. The summed E-state index contributed by atoms with van der Waals surface area (Å²) < 4.78 is 0. The minimum absolute atomic E-state index is 0.233. The van der Waals surface area contributed by atoms with Crippen molar-refractivity contribution in [1.82, 2.24) is 0 Å². The fraction of sp³-hybridized carbons (Fsp3) is 0.158. The number of hydrogen-bond donors (Lipinski definition) is 0. The number of rotatable bonds is 4. The lowest BCUT2D eigenvalue weighted by atomic mass is 10.0. The zero-order chi connectivity index (χ0) is 16.4. The predicted octanol–water partition coefficient (Wildman–Crippen LogP) is 4.03. The Morgan fingerprint density at radius 3 is 2.17 bits per heavy atom. The van der Waals surface area contributed by atoms with Gasteiger partial charge in [-0.15, -0.1) is 11.8 Å². The maximum absolute atomic E-state index is 12.9. The van der Waals surface area contributed by atoms with Crippen molar-refractivity contribution < 1.29 is 9.59 Å². The highest BCUT2D eigenvalue weighted by atomic mass is 32.2. The molecule has 0 unspecified atom stereocenters. The van der Waals surface area contributed by atoms with Gasteiger partial charge in [-0.25, -0.2) is 4.90 Å². The summed E-state index contributed by atoms with van der Waals surface area (Å²) in [4.78, 5) is 27.5. The lowest BCUT2D eigenvalue weighted by molar-refractivity contribution is -0.119. The molecule has 0 bridgehead atoms. The van der Waals surface area contributed by atoms with Crippen LogP contribution in [0.4, 0.5) is 5.69 Å². The van der Waals surface area contributed by atoms with Crippen LogP contribution in [0.5, 0.6) is 0 Å². The number of amides is 2. The molecule has 1 aliphatic rings. The predicted molar refractivity (Wildman–Crippen MR) is 95.2 cm³/mol. The van der Waals surface area contributed by atoms with Crippen LogP contribution in [0.1, 0.15) is 18.1 Å². The second-order valence-corrected chi connectivity index (χ2v) is 6.56. The molecule has 0 radical (unpaired) electrons. The molecule has 4 heteroatoms. The van der Waals surface area contributed by atoms with Crippen molar-refractivity contribution in [2.75, 3.05) is 10.7 Å². The molecule has 2 aromatic carbocycles. The molecule has 1 heterocycles. The third kappa shape index (κ3) is 2.82. The molecule has 116 valence electrons. The summed E-state index contributed by atoms with van der Waals surface area (Å²) in [5.41, 5.74) is 3.03. The fourth-order valence-electron chi connectivity index (χ4n) is 2.57. The van der Waals surface area contributed by atoms with E-state index in [9.17, 15) is 9.59 Å². The smallest absolute Gasteiger partial charge is 0.268 e. The molecule has 1 aliphatic heterocycles. The highest BCUT2D eigenvalue weighted by Gasteiger charge is 2.39. The van der Waals surface area contributed by atoms with Gasteiger partial charge in [0.15, 0.2) is 0 Å². The van der Waals surface area contributed by atoms with E-state index in [4.69, 9.17) is 0 Å². The topological polar surface area (TPSA) is 37.4 Å². The standard InChI is InChI=1S/C19H17NO2S/c1-3-23-17-16(14-11-9-13(2)10-12-14)18(21)20(19(17)22)15-7-5-4-6-8-15/h4-12H,3H2,1-2H3. The second kappa shape index (κ2) is 6.42. The van der Waals surface area contributed by atoms with E-state index in [2.05, 4.69) is 0 Å². The van der Waals surface area contributed by atoms with Crippen LogP contribution in [-0.4, -0.2) is 17.6 Å². The Hall–Kier alpha value is -2.33. The summed E-state index contributed by atoms with van der Waals surface area (Å²) in [6.45, 7) is 3.98. The van der Waals surface area contributed by atoms with Crippen molar-refractivity contribution in [3.05, 3.63) is 70.6 Å². The van der Waals surface area contributed by atoms with Gasteiger partial charge < -0.3 is 0 Å². The number of carbonyl (C=O) groups excluding carboxylic acids is 2. The number of carbonyl (C=O) groups is 2. The van der Waals surface area contributed by atoms with Gasteiger partial charge in [0.1, 0.15) is 0 Å². The third-order valence-corrected chi connectivity index (χ3v) is 4.64. The molecular formula is C19H17NO2S. The molecule has 0 saturated carbocycles. The Morgan fingerprint density at radius 2 is 1.57 bits per heavy atom. The first-order valence-electron chi connectivity index (χ1n) is 7.51. The average Bonchev–Trinajstić information content (AvgIpc) is 2.80. The van der Waals surface area contributed by atoms with Gasteiger partial charge in [0.2, 0.25) is 0 Å². The van der Waals surface area contributed by atoms with Crippen molar-refractivity contribution in [3.63, 3.8) is 0 Å². The molecule has 0 N–H and O–H groups in total. The molecule has 0 saturated heterocycles. The van der Waals surface area contributed by atoms with E-state index in [1.165, 1.54) is 16.7 Å². The monoisotopic (exact) mass is 323 g/mol. The molecule has 3 rings (SSSR count). The molecule has 23 heavy (non-hydrogen) atoms. The number of thioether (sulfide) groups is 1. The largest absolute Gasteiger partial charge is 0.272 e. The van der Waals surface area contributed by atoms with Gasteiger partial charge in [0.05, 0.1) is 16.2 Å². The van der Waals surface area contributed by atoms with Gasteiger partial charge in [-0.05, 0) is 30.4 Å². The van der Waals surface area contributed by atoms with E-state index in [-0.39, 0.29) is 11.8 Å². The molecule has 0 aromatic heterocycles. The van der Waals surface area contributed by atoms with Crippen LogP contribution in [0.25, 0.3) is 5.57 Å². The van der Waals surface area contributed by atoms with Crippen molar-refractivity contribution in [1.29, 1.82) is 0 Å². The maximum atomic E-state index is 12.9. The fourth-order valence-corrected chi connectivity index (χ4v) is 3.43. The quantitative estimate of drug-likeness (QED) is 0.797. The summed E-state index contributed by atoms with van der Waals surface area (Å²) >= 11 is 1.42. The Balaban J connectivity index is 2.09. The lowest BCUT2D eigenvalue weighted by Crippen LogP contribution is -2.31. The second-order valence-electron chi connectivity index (χ2n) is 5.28. The van der Waals surface area contributed by atoms with Crippen LogP contribution < -0.4 is 4.90 Å². The van der Waals surface area contributed by atoms with Gasteiger partial charge in [-0.1, -0.05) is 55.0 Å². The van der Waals surface area contributed by atoms with E-state index >= 15 is 0 Å². The van der Waals surface area contributed by atoms with Gasteiger partial charge >= 0.3 is 0 Å². The first-order chi connectivity index (χ1) is 11.1. The Labute approximate surface area is 140 Å². The van der Waals surface area contributed by atoms with Crippen LogP contribution >= 0.6 is 11.8 Å². The van der Waals surface area contributed by atoms with E-state index in [0.717, 1.165) is 16.9 Å². The minimum Gasteiger partial charge on any atom is -0.268 e. The molecule has 0 aliphatic carbocycles. The summed E-state index contributed by atoms with van der Waals surface area (Å²) in [6, 6.07) is 16.8. The first-order valence-corrected chi connectivity index (χ1v) is 8.50. The third-order valence-electron chi connectivity index (χ3n) is 3.68. The van der Waals surface area contributed by atoms with Crippen LogP contribution in [0.3, 0.4) is 0 Å². The van der Waals surface area contributed by atoms with Crippen molar-refractivity contribution in [2.24, 2.45) is 0 Å². The van der Waals surface area contributed by atoms with Crippen LogP contribution in [0.2, 0.25) is 0 Å². The minimum atomic E-state index is -0.249. The number of imide groups is 1. The maximum Gasteiger partial charge on any atom is 0.272 e. The Morgan fingerprint density at radius 1 is 0.913 bits per heavy atom. The lowest BCUT2D eigenvalue weighted by Gasteiger charge is -2.14. The molecule has 2 amide bonds. The van der Waals surface area contributed by atoms with Crippen LogP contribution in [0, 0.1) is 6.92 Å². The first kappa shape index (κ1) is 15.6. The molecule has 2 aromatic rings. The summed E-state index contributed by atoms with van der Waals surface area (Å²) in [5, 5.41) is 0. The number of benzene rings is 2.